The van der Waals surface area contributed by atoms with E-state index in [4.69, 9.17) is 4.74 Å². The van der Waals surface area contributed by atoms with E-state index in [0.29, 0.717) is 12.2 Å². The second kappa shape index (κ2) is 13.2. The van der Waals surface area contributed by atoms with Gasteiger partial charge in [0.1, 0.15) is 17.6 Å². The van der Waals surface area contributed by atoms with Gasteiger partial charge in [0.15, 0.2) is 6.61 Å². The van der Waals surface area contributed by atoms with Crippen LogP contribution >= 0.6 is 0 Å². The van der Waals surface area contributed by atoms with Crippen molar-refractivity contribution < 1.29 is 18.7 Å². The molecule has 0 aliphatic heterocycles. The van der Waals surface area contributed by atoms with Crippen LogP contribution in [0.2, 0.25) is 0 Å². The summed E-state index contributed by atoms with van der Waals surface area (Å²) < 4.78 is 19.7. The molecule has 38 heavy (non-hydrogen) atoms. The Morgan fingerprint density at radius 2 is 1.58 bits per heavy atom. The van der Waals surface area contributed by atoms with E-state index >= 15 is 0 Å². The Labute approximate surface area is 225 Å². The first-order valence-corrected chi connectivity index (χ1v) is 13.5. The molecule has 0 radical (unpaired) electrons. The van der Waals surface area contributed by atoms with Gasteiger partial charge in [-0.25, -0.2) is 4.39 Å². The molecule has 3 aromatic rings. The number of carbonyl (C=O) groups excluding carboxylic acids is 2. The topological polar surface area (TPSA) is 58.6 Å². The number of benzene rings is 3. The van der Waals surface area contributed by atoms with E-state index in [0.717, 1.165) is 42.4 Å². The van der Waals surface area contributed by atoms with Crippen molar-refractivity contribution in [2.45, 2.75) is 70.5 Å². The van der Waals surface area contributed by atoms with Gasteiger partial charge in [-0.15, -0.1) is 0 Å². The minimum absolute atomic E-state index is 0.123. The number of rotatable bonds is 11. The van der Waals surface area contributed by atoms with Crippen molar-refractivity contribution in [2.75, 3.05) is 6.61 Å². The Bertz CT molecular complexity index is 1190. The van der Waals surface area contributed by atoms with E-state index in [-0.39, 0.29) is 42.7 Å². The molecule has 1 saturated carbocycles. The maximum absolute atomic E-state index is 13.8. The van der Waals surface area contributed by atoms with Crippen LogP contribution in [-0.4, -0.2) is 35.4 Å². The summed E-state index contributed by atoms with van der Waals surface area (Å²) in [7, 11) is 0. The van der Waals surface area contributed by atoms with Crippen molar-refractivity contribution in [3.05, 3.63) is 101 Å². The molecule has 0 spiro atoms. The third-order valence-electron chi connectivity index (χ3n) is 7.13. The lowest BCUT2D eigenvalue weighted by molar-refractivity contribution is -0.143. The summed E-state index contributed by atoms with van der Waals surface area (Å²) in [5.41, 5.74) is 2.72. The van der Waals surface area contributed by atoms with Crippen molar-refractivity contribution in [2.24, 2.45) is 0 Å². The first-order valence-electron chi connectivity index (χ1n) is 13.5. The fourth-order valence-electron chi connectivity index (χ4n) is 5.02. The molecule has 0 aromatic heterocycles. The molecule has 0 unspecified atom stereocenters. The molecule has 0 saturated heterocycles. The number of hydrogen-bond acceptors (Lipinski definition) is 3. The van der Waals surface area contributed by atoms with Gasteiger partial charge in [-0.3, -0.25) is 9.59 Å². The fourth-order valence-corrected chi connectivity index (χ4v) is 5.02. The lowest BCUT2D eigenvalue weighted by atomic mass is 10.0. The van der Waals surface area contributed by atoms with Gasteiger partial charge in [-0.2, -0.15) is 0 Å². The number of amides is 2. The van der Waals surface area contributed by atoms with Gasteiger partial charge >= 0.3 is 0 Å². The van der Waals surface area contributed by atoms with E-state index in [2.05, 4.69) is 19.2 Å². The van der Waals surface area contributed by atoms with Gasteiger partial charge in [-0.05, 0) is 53.6 Å². The number of nitrogens with zero attached hydrogens (tertiary/aromatic N) is 1. The maximum atomic E-state index is 13.8. The molecule has 0 bridgehead atoms. The second-order valence-electron chi connectivity index (χ2n) is 10.3. The molecule has 1 aliphatic rings. The molecule has 6 heteroatoms. The Hall–Kier alpha value is -3.67. The summed E-state index contributed by atoms with van der Waals surface area (Å²) in [6, 6.07) is 22.8. The quantitative estimate of drug-likeness (QED) is 0.339. The Morgan fingerprint density at radius 3 is 2.26 bits per heavy atom. The van der Waals surface area contributed by atoms with Crippen molar-refractivity contribution in [3.63, 3.8) is 0 Å². The molecular formula is C32H37FN2O3. The first kappa shape index (κ1) is 27.4. The third-order valence-corrected chi connectivity index (χ3v) is 7.13. The fraction of sp³-hybridized carbons (Fsp3) is 0.375. The maximum Gasteiger partial charge on any atom is 0.261 e. The normalized spacial score (nSPS) is 14.3. The van der Waals surface area contributed by atoms with Crippen molar-refractivity contribution in [1.29, 1.82) is 0 Å². The highest BCUT2D eigenvalue weighted by Crippen LogP contribution is 2.26. The average Bonchev–Trinajstić information content (AvgIpc) is 3.44. The lowest BCUT2D eigenvalue weighted by Crippen LogP contribution is -2.53. The minimum atomic E-state index is -0.737. The molecule has 4 rings (SSSR count). The van der Waals surface area contributed by atoms with Crippen molar-refractivity contribution in [3.8, 4) is 5.75 Å². The highest BCUT2D eigenvalue weighted by Gasteiger charge is 2.32. The highest BCUT2D eigenvalue weighted by molar-refractivity contribution is 5.88. The van der Waals surface area contributed by atoms with Gasteiger partial charge in [-0.1, -0.05) is 87.4 Å². The van der Waals surface area contributed by atoms with Crippen molar-refractivity contribution >= 4 is 11.8 Å². The third kappa shape index (κ3) is 7.44. The molecule has 1 atom stereocenters. The SMILES string of the molecule is CC(C)c1ccccc1OCC(=O)N(Cc1ccc(F)cc1)[C@H](Cc1ccccc1)C(=O)NC1CCCC1. The predicted molar refractivity (Wildman–Crippen MR) is 147 cm³/mol. The van der Waals surface area contributed by atoms with Crippen LogP contribution in [0.15, 0.2) is 78.9 Å². The van der Waals surface area contributed by atoms with Gasteiger partial charge in [0.05, 0.1) is 0 Å². The molecule has 5 nitrogen and oxygen atoms in total. The molecule has 2 amide bonds. The largest absolute Gasteiger partial charge is 0.483 e. The molecule has 3 aromatic carbocycles. The Kier molecular flexibility index (Phi) is 9.52. The van der Waals surface area contributed by atoms with Gasteiger partial charge < -0.3 is 15.0 Å². The van der Waals surface area contributed by atoms with Gasteiger partial charge in [0.2, 0.25) is 5.91 Å². The van der Waals surface area contributed by atoms with E-state index in [1.54, 1.807) is 17.0 Å². The van der Waals surface area contributed by atoms with Crippen LogP contribution in [-0.2, 0) is 22.6 Å². The lowest BCUT2D eigenvalue weighted by Gasteiger charge is -2.32. The van der Waals surface area contributed by atoms with Crippen LogP contribution in [0, 0.1) is 5.82 Å². The zero-order valence-corrected chi connectivity index (χ0v) is 22.2. The molecule has 200 valence electrons. The summed E-state index contributed by atoms with van der Waals surface area (Å²) in [5.74, 6) is 0.0847. The number of hydrogen-bond donors (Lipinski definition) is 1. The summed E-state index contributed by atoms with van der Waals surface area (Å²) in [5, 5.41) is 3.19. The summed E-state index contributed by atoms with van der Waals surface area (Å²) >= 11 is 0. The summed E-state index contributed by atoms with van der Waals surface area (Å²) in [4.78, 5) is 29.1. The smallest absolute Gasteiger partial charge is 0.261 e. The van der Waals surface area contributed by atoms with Gasteiger partial charge in [0, 0.05) is 19.0 Å². The number of para-hydroxylation sites is 1. The van der Waals surface area contributed by atoms with Crippen LogP contribution in [0.3, 0.4) is 0 Å². The van der Waals surface area contributed by atoms with Crippen LogP contribution in [0.5, 0.6) is 5.75 Å². The first-order chi connectivity index (χ1) is 18.4. The number of nitrogens with one attached hydrogen (secondary N) is 1. The summed E-state index contributed by atoms with van der Waals surface area (Å²) in [6.07, 6.45) is 4.45. The summed E-state index contributed by atoms with van der Waals surface area (Å²) in [6.45, 7) is 4.12. The minimum Gasteiger partial charge on any atom is -0.483 e. The van der Waals surface area contributed by atoms with E-state index in [9.17, 15) is 14.0 Å². The van der Waals surface area contributed by atoms with Crippen LogP contribution in [0.4, 0.5) is 4.39 Å². The number of ether oxygens (including phenoxy) is 1. The number of halogens is 1. The zero-order chi connectivity index (χ0) is 26.9. The average molecular weight is 517 g/mol. The number of carbonyl (C=O) groups is 2. The van der Waals surface area contributed by atoms with E-state index in [1.807, 2.05) is 54.6 Å². The molecule has 1 N–H and O–H groups in total. The molecule has 1 aliphatic carbocycles. The highest BCUT2D eigenvalue weighted by atomic mass is 19.1. The van der Waals surface area contributed by atoms with Crippen LogP contribution in [0.25, 0.3) is 0 Å². The standard InChI is InChI=1S/C32H37FN2O3/c1-23(2)28-14-8-9-15-30(28)38-22-31(36)35(21-25-16-18-26(33)19-17-25)29(20-24-10-4-3-5-11-24)32(37)34-27-12-6-7-13-27/h3-5,8-11,14-19,23,27,29H,6-7,12-13,20-22H2,1-2H3,(H,34,37)/t29-/m1/s1. The van der Waals surface area contributed by atoms with Crippen LogP contribution < -0.4 is 10.1 Å². The predicted octanol–water partition coefficient (Wildman–Crippen LogP) is 6.03. The molecule has 1 fully saturated rings. The van der Waals surface area contributed by atoms with Crippen LogP contribution in [0.1, 0.15) is 62.1 Å². The van der Waals surface area contributed by atoms with E-state index < -0.39 is 6.04 Å². The monoisotopic (exact) mass is 516 g/mol. The Balaban J connectivity index is 1.62. The molecule has 0 heterocycles. The second-order valence-corrected chi connectivity index (χ2v) is 10.3. The van der Waals surface area contributed by atoms with Gasteiger partial charge in [0.25, 0.3) is 5.91 Å². The zero-order valence-electron chi connectivity index (χ0n) is 22.2. The van der Waals surface area contributed by atoms with Crippen molar-refractivity contribution in [1.82, 2.24) is 10.2 Å². The Morgan fingerprint density at radius 1 is 0.921 bits per heavy atom. The van der Waals surface area contributed by atoms with E-state index in [1.165, 1.54) is 12.1 Å². The molecular weight excluding hydrogens is 479 g/mol.